The van der Waals surface area contributed by atoms with Crippen molar-refractivity contribution in [2.45, 2.75) is 20.3 Å². The molecule has 0 heterocycles. The second kappa shape index (κ2) is 7.38. The van der Waals surface area contributed by atoms with Crippen molar-refractivity contribution < 1.29 is 23.9 Å². The lowest BCUT2D eigenvalue weighted by atomic mass is 10.1. The first kappa shape index (κ1) is 17.8. The van der Waals surface area contributed by atoms with Gasteiger partial charge in [0.25, 0.3) is 0 Å². The molecule has 0 saturated carbocycles. The highest BCUT2D eigenvalue weighted by atomic mass is 31.1. The third kappa shape index (κ3) is 3.69. The van der Waals surface area contributed by atoms with Crippen molar-refractivity contribution in [1.82, 2.24) is 0 Å². The fraction of sp³-hybridized carbons (Fsp3) is 0.250. The number of hydrogen-bond donors (Lipinski definition) is 1. The molecule has 0 aliphatic rings. The number of nitro groups is 1. The normalized spacial score (nSPS) is 11.1. The highest BCUT2D eigenvalue weighted by Crippen LogP contribution is 2.34. The number of ether oxygens (including phenoxy) is 2. The van der Waals surface area contributed by atoms with Crippen LogP contribution in [0.1, 0.15) is 18.1 Å². The minimum atomic E-state index is -2.86. The number of nitro benzene ring substituents is 1. The molecule has 0 fully saturated rings. The van der Waals surface area contributed by atoms with Gasteiger partial charge in [0.2, 0.25) is 0 Å². The third-order valence-electron chi connectivity index (χ3n) is 3.54. The Morgan fingerprint density at radius 2 is 1.96 bits per heavy atom. The van der Waals surface area contributed by atoms with Gasteiger partial charge in [-0.2, -0.15) is 4.89 Å². The van der Waals surface area contributed by atoms with Crippen molar-refractivity contribution in [2.24, 2.45) is 0 Å². The topological polar surface area (TPSA) is 98.9 Å². The monoisotopic (exact) mass is 350 g/mol. The Balaban J connectivity index is 2.51. The molecule has 0 aromatic heterocycles. The van der Waals surface area contributed by atoms with Crippen molar-refractivity contribution in [3.8, 4) is 17.2 Å². The molecule has 0 amide bonds. The van der Waals surface area contributed by atoms with Crippen LogP contribution in [0.25, 0.3) is 0 Å². The van der Waals surface area contributed by atoms with E-state index in [0.29, 0.717) is 29.2 Å². The molecule has 8 heteroatoms. The Kier molecular flexibility index (Phi) is 5.49. The number of benzene rings is 2. The van der Waals surface area contributed by atoms with E-state index >= 15 is 0 Å². The molecule has 0 aliphatic carbocycles. The molecule has 7 nitrogen and oxygen atoms in total. The average molecular weight is 350 g/mol. The number of methoxy groups -OCH3 is 1. The number of hydrogen-bond acceptors (Lipinski definition) is 5. The summed E-state index contributed by atoms with van der Waals surface area (Å²) in [5.74, 6) is 1.54. The molecule has 1 atom stereocenters. The number of aryl methyl sites for hydroxylation is 2. The summed E-state index contributed by atoms with van der Waals surface area (Å²) in [7, 11) is -1.30. The van der Waals surface area contributed by atoms with Crippen molar-refractivity contribution >= 4 is 19.0 Å². The molecule has 0 radical (unpaired) electrons. The Labute approximate surface area is 139 Å². The maximum atomic E-state index is 11.5. The summed E-state index contributed by atoms with van der Waals surface area (Å²) in [5.41, 5.74) is 1.01. The van der Waals surface area contributed by atoms with Crippen LogP contribution in [0.15, 0.2) is 30.3 Å². The smallest absolute Gasteiger partial charge is 0.497 e. The number of nitrogens with zero attached hydrogens (tertiary/aromatic N) is 1. The van der Waals surface area contributed by atoms with Gasteiger partial charge in [0.15, 0.2) is 0 Å². The zero-order chi connectivity index (χ0) is 17.9. The second-order valence-electron chi connectivity index (χ2n) is 5.07. The van der Waals surface area contributed by atoms with Crippen LogP contribution in [0.5, 0.6) is 17.2 Å². The van der Waals surface area contributed by atoms with Gasteiger partial charge in [-0.15, -0.1) is 0 Å². The van der Waals surface area contributed by atoms with Gasteiger partial charge in [-0.1, -0.05) is 6.92 Å². The van der Waals surface area contributed by atoms with Gasteiger partial charge in [0, 0.05) is 17.7 Å². The molecule has 2 aromatic rings. The Bertz CT molecular complexity index is 805. The predicted molar refractivity (Wildman–Crippen MR) is 89.7 cm³/mol. The van der Waals surface area contributed by atoms with Crippen LogP contribution in [0.4, 0.5) is 5.69 Å². The molecular formula is C16H17NO6P+. The molecule has 0 aliphatic heterocycles. The lowest BCUT2D eigenvalue weighted by molar-refractivity contribution is -0.383. The summed E-state index contributed by atoms with van der Waals surface area (Å²) in [6.45, 7) is 3.66. The summed E-state index contributed by atoms with van der Waals surface area (Å²) in [5, 5.41) is 10.8. The fourth-order valence-electron chi connectivity index (χ4n) is 2.25. The van der Waals surface area contributed by atoms with Crippen molar-refractivity contribution in [1.29, 1.82) is 0 Å². The minimum absolute atomic E-state index is 0.256. The summed E-state index contributed by atoms with van der Waals surface area (Å²) in [6.07, 6.45) is 0.480. The molecule has 1 unspecified atom stereocenters. The molecule has 24 heavy (non-hydrogen) atoms. The van der Waals surface area contributed by atoms with E-state index in [4.69, 9.17) is 9.47 Å². The maximum absolute atomic E-state index is 11.5. The third-order valence-corrected chi connectivity index (χ3v) is 4.31. The van der Waals surface area contributed by atoms with Gasteiger partial charge in [0.1, 0.15) is 17.2 Å². The Morgan fingerprint density at radius 1 is 1.25 bits per heavy atom. The molecule has 126 valence electrons. The van der Waals surface area contributed by atoms with E-state index in [1.54, 1.807) is 25.3 Å². The van der Waals surface area contributed by atoms with Gasteiger partial charge in [0.05, 0.1) is 12.0 Å². The van der Waals surface area contributed by atoms with E-state index < -0.39 is 13.0 Å². The molecule has 2 aromatic carbocycles. The van der Waals surface area contributed by atoms with Gasteiger partial charge in [-0.3, -0.25) is 10.1 Å². The lowest BCUT2D eigenvalue weighted by Gasteiger charge is -2.12. The van der Waals surface area contributed by atoms with Crippen LogP contribution in [0.2, 0.25) is 0 Å². The molecule has 0 saturated heterocycles. The van der Waals surface area contributed by atoms with Gasteiger partial charge < -0.3 is 9.47 Å². The van der Waals surface area contributed by atoms with E-state index in [0.717, 1.165) is 5.56 Å². The standard InChI is InChI=1S/C16H16NO6P/c1-4-11-8-13(17(18)19)16(24(20)21)9-15(11)23-14-6-5-12(22-3)7-10(14)2/h5-9H,4H2,1-3H3/p+1. The van der Waals surface area contributed by atoms with E-state index in [1.165, 1.54) is 12.1 Å². The Hall–Kier alpha value is -2.50. The van der Waals surface area contributed by atoms with E-state index in [1.807, 2.05) is 13.8 Å². The fourth-order valence-corrected chi connectivity index (χ4v) is 2.82. The first-order valence-corrected chi connectivity index (χ1v) is 8.38. The molecule has 0 spiro atoms. The quantitative estimate of drug-likeness (QED) is 0.485. The van der Waals surface area contributed by atoms with Crippen LogP contribution in [0, 0.1) is 17.0 Å². The molecule has 2 rings (SSSR count). The van der Waals surface area contributed by atoms with Crippen LogP contribution in [0.3, 0.4) is 0 Å². The maximum Gasteiger partial charge on any atom is 0.553 e. The van der Waals surface area contributed by atoms with Crippen molar-refractivity contribution in [2.75, 3.05) is 7.11 Å². The van der Waals surface area contributed by atoms with Gasteiger partial charge in [-0.25, -0.2) is 0 Å². The molecule has 0 bridgehead atoms. The summed E-state index contributed by atoms with van der Waals surface area (Å²) < 4.78 is 22.4. The Morgan fingerprint density at radius 3 is 2.46 bits per heavy atom. The first-order valence-electron chi connectivity index (χ1n) is 7.17. The largest absolute Gasteiger partial charge is 0.553 e. The number of rotatable bonds is 6. The molecular weight excluding hydrogens is 333 g/mol. The zero-order valence-corrected chi connectivity index (χ0v) is 14.4. The summed E-state index contributed by atoms with van der Waals surface area (Å²) in [4.78, 5) is 19.8. The van der Waals surface area contributed by atoms with Crippen LogP contribution in [-0.4, -0.2) is 16.9 Å². The van der Waals surface area contributed by atoms with Crippen molar-refractivity contribution in [3.05, 3.63) is 51.6 Å². The second-order valence-corrected chi connectivity index (χ2v) is 6.09. The van der Waals surface area contributed by atoms with E-state index in [-0.39, 0.29) is 11.0 Å². The summed E-state index contributed by atoms with van der Waals surface area (Å²) >= 11 is 0. The van der Waals surface area contributed by atoms with Crippen LogP contribution >= 0.6 is 8.03 Å². The van der Waals surface area contributed by atoms with Gasteiger partial charge in [-0.05, 0) is 41.7 Å². The van der Waals surface area contributed by atoms with E-state index in [9.17, 15) is 19.6 Å². The van der Waals surface area contributed by atoms with Crippen molar-refractivity contribution in [3.63, 3.8) is 0 Å². The highest BCUT2D eigenvalue weighted by molar-refractivity contribution is 7.47. The predicted octanol–water partition coefficient (Wildman–Crippen LogP) is 3.63. The highest BCUT2D eigenvalue weighted by Gasteiger charge is 2.32. The average Bonchev–Trinajstić information content (AvgIpc) is 2.55. The van der Waals surface area contributed by atoms with E-state index in [2.05, 4.69) is 0 Å². The minimum Gasteiger partial charge on any atom is -0.497 e. The SMILES string of the molecule is CCc1cc([N+](=O)[O-])c([P+](=O)O)cc1Oc1ccc(OC)cc1C. The van der Waals surface area contributed by atoms with Gasteiger partial charge >= 0.3 is 19.0 Å². The first-order chi connectivity index (χ1) is 11.4. The molecule has 1 N–H and O–H groups in total. The van der Waals surface area contributed by atoms with Crippen LogP contribution in [-0.2, 0) is 11.0 Å². The summed E-state index contributed by atoms with van der Waals surface area (Å²) in [6, 6.07) is 7.78. The lowest BCUT2D eigenvalue weighted by Crippen LogP contribution is -2.08. The zero-order valence-electron chi connectivity index (χ0n) is 13.5. The van der Waals surface area contributed by atoms with Crippen LogP contribution < -0.4 is 14.8 Å².